The largest absolute Gasteiger partial charge is 0.444 e. The van der Waals surface area contributed by atoms with E-state index in [-0.39, 0.29) is 18.6 Å². The van der Waals surface area contributed by atoms with Gasteiger partial charge in [0, 0.05) is 0 Å². The molecule has 3 rings (SSSR count). The number of benzene rings is 1. The predicted molar refractivity (Wildman–Crippen MR) is 116 cm³/mol. The molecule has 6 heteroatoms. The van der Waals surface area contributed by atoms with Gasteiger partial charge in [-0.2, -0.15) is 0 Å². The molecule has 1 heterocycles. The zero-order chi connectivity index (χ0) is 20.9. The Bertz CT molecular complexity index is 677. The summed E-state index contributed by atoms with van der Waals surface area (Å²) >= 11 is 0. The smallest absolute Gasteiger partial charge is 0.417 e. The highest BCUT2D eigenvalue weighted by atomic mass is 28.4. The Morgan fingerprint density at radius 2 is 1.66 bits per heavy atom. The molecule has 0 aromatic heterocycles. The number of carbonyl (C=O) groups excluding carboxylic acids is 2. The van der Waals surface area contributed by atoms with Gasteiger partial charge in [-0.15, -0.1) is 0 Å². The highest BCUT2D eigenvalue weighted by Gasteiger charge is 2.57. The van der Waals surface area contributed by atoms with Crippen molar-refractivity contribution in [2.45, 2.75) is 89.8 Å². The first-order chi connectivity index (χ1) is 14.0. The van der Waals surface area contributed by atoms with Crippen molar-refractivity contribution in [3.63, 3.8) is 0 Å². The number of hydrogen-bond donors (Lipinski definition) is 0. The molecule has 1 aromatic carbocycles. The molecule has 160 valence electrons. The second kappa shape index (κ2) is 9.89. The first kappa shape index (κ1) is 22.0. The lowest BCUT2D eigenvalue weighted by atomic mass is 9.77. The molecule has 2 fully saturated rings. The van der Waals surface area contributed by atoms with Crippen molar-refractivity contribution < 1.29 is 18.8 Å². The molecule has 5 nitrogen and oxygen atoms in total. The van der Waals surface area contributed by atoms with Crippen molar-refractivity contribution in [1.29, 1.82) is 0 Å². The van der Waals surface area contributed by atoms with E-state index in [1.54, 1.807) is 0 Å². The average molecular weight is 418 g/mol. The Morgan fingerprint density at radius 3 is 2.24 bits per heavy atom. The number of carbonyl (C=O) groups is 2. The van der Waals surface area contributed by atoms with Gasteiger partial charge in [0.2, 0.25) is 0 Å². The first-order valence-electron chi connectivity index (χ1n) is 11.3. The van der Waals surface area contributed by atoms with Gasteiger partial charge >= 0.3 is 6.09 Å². The van der Waals surface area contributed by atoms with Gasteiger partial charge in [-0.1, -0.05) is 70.4 Å². The molecule has 0 radical (unpaired) electrons. The lowest BCUT2D eigenvalue weighted by Crippen LogP contribution is -2.72. The molecular weight excluding hydrogens is 382 g/mol. The maximum Gasteiger partial charge on any atom is 0.417 e. The molecular formula is C23H35NO4Si. The summed E-state index contributed by atoms with van der Waals surface area (Å²) in [6.45, 7) is 6.70. The Balaban J connectivity index is 1.73. The Labute approximate surface area is 175 Å². The molecule has 1 aliphatic heterocycles. The average Bonchev–Trinajstić information content (AvgIpc) is 2.78. The lowest BCUT2D eigenvalue weighted by molar-refractivity contribution is -0.165. The second-order valence-electron chi connectivity index (χ2n) is 8.42. The minimum absolute atomic E-state index is 0.164. The van der Waals surface area contributed by atoms with E-state index >= 15 is 0 Å². The molecule has 0 spiro atoms. The van der Waals surface area contributed by atoms with E-state index in [1.165, 1.54) is 11.3 Å². The van der Waals surface area contributed by atoms with E-state index in [0.29, 0.717) is 5.92 Å². The number of β-lactam (4-membered cyclic amide) rings is 1. The van der Waals surface area contributed by atoms with Crippen LogP contribution >= 0.6 is 0 Å². The molecule has 29 heavy (non-hydrogen) atoms. The molecule has 2 amide bonds. The minimum Gasteiger partial charge on any atom is -0.444 e. The fourth-order valence-electron chi connectivity index (χ4n) is 4.81. The first-order valence-corrected chi connectivity index (χ1v) is 13.8. The zero-order valence-corrected chi connectivity index (χ0v) is 19.1. The van der Waals surface area contributed by atoms with Gasteiger partial charge < -0.3 is 9.16 Å². The molecule has 0 bridgehead atoms. The maximum atomic E-state index is 13.0. The van der Waals surface area contributed by atoms with Gasteiger partial charge in [0.15, 0.2) is 8.32 Å². The van der Waals surface area contributed by atoms with Crippen LogP contribution in [0.1, 0.15) is 58.4 Å². The number of hydrogen-bond acceptors (Lipinski definition) is 4. The standard InChI is InChI=1S/C23H35NO4Si/c1-4-29(5-2,6-3)28-21-20(19-15-11-8-12-16-19)24(22(21)25)23(26)27-17-18-13-9-7-10-14-18/h7,9-10,13-14,19-21H,4-6,8,11-12,15-17H2,1-3H3/t20-,21+/m0/s1. The Kier molecular flexibility index (Phi) is 7.52. The van der Waals surface area contributed by atoms with Crippen molar-refractivity contribution in [2.75, 3.05) is 0 Å². The summed E-state index contributed by atoms with van der Waals surface area (Å²) in [5, 5.41) is 0. The van der Waals surface area contributed by atoms with Gasteiger partial charge in [-0.3, -0.25) is 4.79 Å². The third-order valence-corrected chi connectivity index (χ3v) is 11.6. The SMILES string of the molecule is CC[Si](CC)(CC)O[C@H]1C(=O)N(C(=O)OCc2ccccc2)[C@H]1C1CCCCC1. The molecule has 2 aliphatic rings. The fourth-order valence-corrected chi connectivity index (χ4v) is 7.59. The van der Waals surface area contributed by atoms with E-state index in [2.05, 4.69) is 20.8 Å². The molecule has 0 N–H and O–H groups in total. The van der Waals surface area contributed by atoms with E-state index in [1.807, 2.05) is 30.3 Å². The van der Waals surface area contributed by atoms with Gasteiger partial charge in [-0.25, -0.2) is 9.69 Å². The molecule has 1 saturated heterocycles. The summed E-state index contributed by atoms with van der Waals surface area (Å²) in [6.07, 6.45) is 4.68. The van der Waals surface area contributed by atoms with Crippen LogP contribution in [0.4, 0.5) is 4.79 Å². The van der Waals surface area contributed by atoms with Crippen LogP contribution < -0.4 is 0 Å². The topological polar surface area (TPSA) is 55.8 Å². The normalized spacial score (nSPS) is 23.0. The minimum atomic E-state index is -1.93. The summed E-state index contributed by atoms with van der Waals surface area (Å²) in [7, 11) is -1.93. The van der Waals surface area contributed by atoms with Gasteiger partial charge in [0.05, 0.1) is 6.04 Å². The number of ether oxygens (including phenoxy) is 1. The summed E-state index contributed by atoms with van der Waals surface area (Å²) in [4.78, 5) is 27.2. The third kappa shape index (κ3) is 4.74. The van der Waals surface area contributed by atoms with Crippen molar-refractivity contribution in [2.24, 2.45) is 5.92 Å². The number of imide groups is 1. The molecule has 1 aliphatic carbocycles. The monoisotopic (exact) mass is 417 g/mol. The number of rotatable bonds is 8. The van der Waals surface area contributed by atoms with E-state index < -0.39 is 20.5 Å². The van der Waals surface area contributed by atoms with Gasteiger partial charge in [0.1, 0.15) is 12.7 Å². The van der Waals surface area contributed by atoms with Crippen LogP contribution in [-0.2, 0) is 20.6 Å². The van der Waals surface area contributed by atoms with Gasteiger partial charge in [-0.05, 0) is 42.5 Å². The number of nitrogens with zero attached hydrogens (tertiary/aromatic N) is 1. The van der Waals surface area contributed by atoms with Crippen LogP contribution in [0.25, 0.3) is 0 Å². The number of likely N-dealkylation sites (tertiary alicyclic amines) is 1. The van der Waals surface area contributed by atoms with Crippen molar-refractivity contribution in [1.82, 2.24) is 4.90 Å². The van der Waals surface area contributed by atoms with Crippen LogP contribution in [0, 0.1) is 5.92 Å². The Morgan fingerprint density at radius 1 is 1.03 bits per heavy atom. The summed E-state index contributed by atoms with van der Waals surface area (Å²) < 4.78 is 12.1. The third-order valence-electron chi connectivity index (χ3n) is 6.93. The van der Waals surface area contributed by atoms with Crippen molar-refractivity contribution >= 4 is 20.3 Å². The van der Waals surface area contributed by atoms with Gasteiger partial charge in [0.25, 0.3) is 5.91 Å². The van der Waals surface area contributed by atoms with E-state index in [9.17, 15) is 9.59 Å². The second-order valence-corrected chi connectivity index (χ2v) is 13.1. The molecule has 1 aromatic rings. The summed E-state index contributed by atoms with van der Waals surface area (Å²) in [5.74, 6) is 0.124. The predicted octanol–water partition coefficient (Wildman–Crippen LogP) is 5.50. The number of amides is 2. The lowest BCUT2D eigenvalue weighted by Gasteiger charge is -2.51. The molecule has 1 saturated carbocycles. The fraction of sp³-hybridized carbons (Fsp3) is 0.652. The van der Waals surface area contributed by atoms with Crippen LogP contribution in [0.15, 0.2) is 30.3 Å². The van der Waals surface area contributed by atoms with Crippen LogP contribution in [0.5, 0.6) is 0 Å². The highest BCUT2D eigenvalue weighted by molar-refractivity contribution is 6.73. The van der Waals surface area contributed by atoms with E-state index in [0.717, 1.165) is 49.4 Å². The maximum absolute atomic E-state index is 13.0. The quantitative estimate of drug-likeness (QED) is 0.414. The van der Waals surface area contributed by atoms with Crippen LogP contribution in [0.2, 0.25) is 18.1 Å². The molecule has 2 atom stereocenters. The summed E-state index contributed by atoms with van der Waals surface area (Å²) in [5.41, 5.74) is 0.921. The van der Waals surface area contributed by atoms with Crippen molar-refractivity contribution in [3.8, 4) is 0 Å². The zero-order valence-electron chi connectivity index (χ0n) is 18.1. The van der Waals surface area contributed by atoms with Crippen LogP contribution in [-0.4, -0.2) is 37.4 Å². The highest BCUT2D eigenvalue weighted by Crippen LogP contribution is 2.40. The molecule has 0 unspecified atom stereocenters. The van der Waals surface area contributed by atoms with Crippen molar-refractivity contribution in [3.05, 3.63) is 35.9 Å². The Hall–Kier alpha value is -1.66. The van der Waals surface area contributed by atoms with Crippen LogP contribution in [0.3, 0.4) is 0 Å². The van der Waals surface area contributed by atoms with E-state index in [4.69, 9.17) is 9.16 Å². The summed E-state index contributed by atoms with van der Waals surface area (Å²) in [6, 6.07) is 12.4.